The van der Waals surface area contributed by atoms with Crippen LogP contribution in [0.2, 0.25) is 5.02 Å². The van der Waals surface area contributed by atoms with Crippen molar-refractivity contribution in [1.82, 2.24) is 9.97 Å². The van der Waals surface area contributed by atoms with Crippen LogP contribution in [0, 0.1) is 21.4 Å². The van der Waals surface area contributed by atoms with Crippen LogP contribution < -0.4 is 5.56 Å². The van der Waals surface area contributed by atoms with Crippen molar-refractivity contribution in [2.75, 3.05) is 0 Å². The first-order valence-corrected chi connectivity index (χ1v) is 8.99. The Morgan fingerprint density at radius 3 is 2.80 bits per heavy atom. The molecule has 0 saturated heterocycles. The topological polar surface area (TPSA) is 126 Å². The number of nitriles is 1. The van der Waals surface area contributed by atoms with Gasteiger partial charge in [0.2, 0.25) is 0 Å². The van der Waals surface area contributed by atoms with E-state index in [9.17, 15) is 20.2 Å². The summed E-state index contributed by atoms with van der Waals surface area (Å²) < 4.78 is 5.68. The van der Waals surface area contributed by atoms with Gasteiger partial charge in [0.05, 0.1) is 27.0 Å². The molecule has 1 N–H and O–H groups in total. The minimum atomic E-state index is -0.496. The maximum atomic E-state index is 12.3. The number of halogens is 1. The van der Waals surface area contributed by atoms with E-state index in [0.717, 1.165) is 0 Å². The molecular formula is C21H11ClN4O4. The molecule has 0 unspecified atom stereocenters. The number of hydrogen-bond donors (Lipinski definition) is 1. The van der Waals surface area contributed by atoms with Crippen molar-refractivity contribution in [3.63, 3.8) is 0 Å². The maximum absolute atomic E-state index is 12.3. The van der Waals surface area contributed by atoms with Gasteiger partial charge in [0.1, 0.15) is 17.6 Å². The fourth-order valence-corrected chi connectivity index (χ4v) is 3.12. The number of hydrogen-bond acceptors (Lipinski definition) is 6. The highest BCUT2D eigenvalue weighted by Gasteiger charge is 2.17. The molecule has 146 valence electrons. The molecule has 0 amide bonds. The molecule has 9 heteroatoms. The van der Waals surface area contributed by atoms with Gasteiger partial charge in [-0.2, -0.15) is 5.26 Å². The van der Waals surface area contributed by atoms with Crippen LogP contribution in [0.5, 0.6) is 0 Å². The fraction of sp³-hybridized carbons (Fsp3) is 0. The third kappa shape index (κ3) is 3.57. The van der Waals surface area contributed by atoms with E-state index >= 15 is 0 Å². The van der Waals surface area contributed by atoms with Crippen LogP contribution in [0.3, 0.4) is 0 Å². The molecule has 0 aliphatic carbocycles. The van der Waals surface area contributed by atoms with Crippen LogP contribution in [0.1, 0.15) is 11.6 Å². The van der Waals surface area contributed by atoms with Gasteiger partial charge in [0, 0.05) is 17.2 Å². The largest absolute Gasteiger partial charge is 0.456 e. The predicted molar refractivity (Wildman–Crippen MR) is 112 cm³/mol. The monoisotopic (exact) mass is 418 g/mol. The number of fused-ring (bicyclic) bond motifs is 1. The summed E-state index contributed by atoms with van der Waals surface area (Å²) in [6.45, 7) is 0. The van der Waals surface area contributed by atoms with E-state index < -0.39 is 10.5 Å². The lowest BCUT2D eigenvalue weighted by molar-refractivity contribution is -0.384. The standard InChI is InChI=1S/C21H11ClN4O4/c22-13-5-7-17-16(10-13)21(27)25-20(24-17)12(11-23)9-14-6-8-19(30-14)15-3-1-2-4-18(15)26(28)29/h1-10H,(H,24,25,27)/b12-9+. The Bertz CT molecular complexity index is 1430. The Labute approximate surface area is 173 Å². The molecule has 0 aliphatic heterocycles. The van der Waals surface area contributed by atoms with Gasteiger partial charge >= 0.3 is 0 Å². The third-order valence-electron chi connectivity index (χ3n) is 4.32. The van der Waals surface area contributed by atoms with E-state index in [4.69, 9.17) is 16.0 Å². The molecule has 0 atom stereocenters. The highest BCUT2D eigenvalue weighted by atomic mass is 35.5. The molecular weight excluding hydrogens is 408 g/mol. The highest BCUT2D eigenvalue weighted by molar-refractivity contribution is 6.31. The van der Waals surface area contributed by atoms with E-state index in [1.54, 1.807) is 42.5 Å². The van der Waals surface area contributed by atoms with Crippen LogP contribution in [0.15, 0.2) is 63.8 Å². The average Bonchev–Trinajstić information content (AvgIpc) is 3.21. The number of nitrogens with one attached hydrogen (secondary N) is 1. The summed E-state index contributed by atoms with van der Waals surface area (Å²) in [6, 6.07) is 16.0. The van der Waals surface area contributed by atoms with Gasteiger partial charge in [-0.15, -0.1) is 0 Å². The number of benzene rings is 2. The Hall–Kier alpha value is -4.22. The summed E-state index contributed by atoms with van der Waals surface area (Å²) >= 11 is 5.91. The summed E-state index contributed by atoms with van der Waals surface area (Å²) in [6.07, 6.45) is 1.40. The van der Waals surface area contributed by atoms with Gasteiger partial charge in [-0.25, -0.2) is 4.98 Å². The molecule has 0 radical (unpaired) electrons. The first-order chi connectivity index (χ1) is 14.5. The highest BCUT2D eigenvalue weighted by Crippen LogP contribution is 2.31. The lowest BCUT2D eigenvalue weighted by atomic mass is 10.1. The summed E-state index contributed by atoms with van der Waals surface area (Å²) in [7, 11) is 0. The van der Waals surface area contributed by atoms with E-state index in [-0.39, 0.29) is 28.6 Å². The zero-order valence-electron chi connectivity index (χ0n) is 15.1. The summed E-state index contributed by atoms with van der Waals surface area (Å²) in [5.41, 5.74) is 0.238. The van der Waals surface area contributed by atoms with Crippen LogP contribution in [-0.4, -0.2) is 14.9 Å². The molecule has 0 bridgehead atoms. The van der Waals surface area contributed by atoms with Crippen molar-refractivity contribution in [1.29, 1.82) is 5.26 Å². The van der Waals surface area contributed by atoms with Crippen molar-refractivity contribution in [2.45, 2.75) is 0 Å². The van der Waals surface area contributed by atoms with Crippen molar-refractivity contribution >= 4 is 39.8 Å². The molecule has 8 nitrogen and oxygen atoms in total. The van der Waals surface area contributed by atoms with E-state index in [2.05, 4.69) is 9.97 Å². The molecule has 2 heterocycles. The van der Waals surface area contributed by atoms with Gasteiger partial charge in [-0.1, -0.05) is 23.7 Å². The quantitative estimate of drug-likeness (QED) is 0.288. The normalized spacial score (nSPS) is 11.4. The second kappa shape index (κ2) is 7.66. The molecule has 4 aromatic rings. The number of aromatic nitrogens is 2. The van der Waals surface area contributed by atoms with Gasteiger partial charge in [-0.3, -0.25) is 14.9 Å². The Balaban J connectivity index is 1.76. The van der Waals surface area contributed by atoms with Crippen molar-refractivity contribution in [3.8, 4) is 17.4 Å². The summed E-state index contributed by atoms with van der Waals surface area (Å²) in [5, 5.41) is 21.5. The number of allylic oxidation sites excluding steroid dienone is 1. The number of nitro groups is 1. The zero-order valence-corrected chi connectivity index (χ0v) is 15.9. The van der Waals surface area contributed by atoms with Crippen LogP contribution in [-0.2, 0) is 0 Å². The first-order valence-electron chi connectivity index (χ1n) is 8.61. The number of furan rings is 1. The van der Waals surface area contributed by atoms with Crippen molar-refractivity contribution < 1.29 is 9.34 Å². The molecule has 2 aromatic heterocycles. The number of H-pyrrole nitrogens is 1. The summed E-state index contributed by atoms with van der Waals surface area (Å²) in [5.74, 6) is 0.625. The van der Waals surface area contributed by atoms with Crippen molar-refractivity contribution in [2.24, 2.45) is 0 Å². The third-order valence-corrected chi connectivity index (χ3v) is 4.56. The Morgan fingerprint density at radius 1 is 1.23 bits per heavy atom. The molecule has 0 fully saturated rings. The molecule has 0 aliphatic rings. The molecule has 2 aromatic carbocycles. The second-order valence-corrected chi connectivity index (χ2v) is 6.66. The number of rotatable bonds is 4. The average molecular weight is 419 g/mol. The minimum Gasteiger partial charge on any atom is -0.456 e. The van der Waals surface area contributed by atoms with Crippen molar-refractivity contribution in [3.05, 3.63) is 91.7 Å². The zero-order chi connectivity index (χ0) is 21.3. The molecule has 0 spiro atoms. The molecule has 30 heavy (non-hydrogen) atoms. The van der Waals surface area contributed by atoms with Crippen LogP contribution in [0.25, 0.3) is 33.9 Å². The lowest BCUT2D eigenvalue weighted by Gasteiger charge is -2.02. The van der Waals surface area contributed by atoms with Gasteiger partial charge < -0.3 is 9.40 Å². The molecule has 4 rings (SSSR count). The smallest absolute Gasteiger partial charge is 0.280 e. The number of para-hydroxylation sites is 1. The van der Waals surface area contributed by atoms with E-state index in [1.165, 1.54) is 18.2 Å². The number of aromatic amines is 1. The van der Waals surface area contributed by atoms with Crippen LogP contribution >= 0.6 is 11.6 Å². The second-order valence-electron chi connectivity index (χ2n) is 6.22. The van der Waals surface area contributed by atoms with Gasteiger partial charge in [0.25, 0.3) is 11.2 Å². The fourth-order valence-electron chi connectivity index (χ4n) is 2.95. The lowest BCUT2D eigenvalue weighted by Crippen LogP contribution is -2.11. The Kier molecular flexibility index (Phi) is 4.88. The Morgan fingerprint density at radius 2 is 2.03 bits per heavy atom. The van der Waals surface area contributed by atoms with Gasteiger partial charge in [0.15, 0.2) is 5.82 Å². The number of nitrogens with zero attached hydrogens (tertiary/aromatic N) is 3. The van der Waals surface area contributed by atoms with E-state index in [0.29, 0.717) is 21.5 Å². The number of nitro benzene ring substituents is 1. The summed E-state index contributed by atoms with van der Waals surface area (Å²) in [4.78, 5) is 29.9. The van der Waals surface area contributed by atoms with E-state index in [1.807, 2.05) is 6.07 Å². The van der Waals surface area contributed by atoms with Gasteiger partial charge in [-0.05, 0) is 36.4 Å². The molecule has 0 saturated carbocycles. The maximum Gasteiger partial charge on any atom is 0.280 e. The minimum absolute atomic E-state index is 0.0624. The predicted octanol–water partition coefficient (Wildman–Crippen LogP) is 4.81. The SMILES string of the molecule is N#C/C(=C\c1ccc(-c2ccccc2[N+](=O)[O-])o1)c1nc2ccc(Cl)cc2c(=O)[nH]1. The van der Waals surface area contributed by atoms with Crippen LogP contribution in [0.4, 0.5) is 5.69 Å². The first kappa shape index (κ1) is 19.1.